The molecule has 1 saturated heterocycles. The Kier molecular flexibility index (Phi) is 13.7. The van der Waals surface area contributed by atoms with Crippen molar-refractivity contribution in [2.45, 2.75) is 63.3 Å². The highest BCUT2D eigenvalue weighted by molar-refractivity contribution is 7.90. The number of imidazole rings is 1. The normalized spacial score (nSPS) is 16.8. The molecule has 10 nitrogen and oxygen atoms in total. The van der Waals surface area contributed by atoms with Gasteiger partial charge < -0.3 is 33.5 Å². The summed E-state index contributed by atoms with van der Waals surface area (Å²) in [5.41, 5.74) is 7.49. The van der Waals surface area contributed by atoms with E-state index in [4.69, 9.17) is 14.2 Å². The van der Waals surface area contributed by atoms with Crippen molar-refractivity contribution in [1.29, 1.82) is 0 Å². The minimum absolute atomic E-state index is 0.141. The maximum atomic E-state index is 13.9. The lowest BCUT2D eigenvalue weighted by Gasteiger charge is -2.37. The Hall–Kier alpha value is -4.13. The second kappa shape index (κ2) is 18.8. The van der Waals surface area contributed by atoms with E-state index in [1.165, 1.54) is 0 Å². The lowest BCUT2D eigenvalue weighted by atomic mass is 10.00. The fourth-order valence-corrected chi connectivity index (χ4v) is 7.94. The zero-order valence-electron chi connectivity index (χ0n) is 31.5. The second-order valence-electron chi connectivity index (χ2n) is 13.7. The molecule has 3 aromatic carbocycles. The molecule has 4 aromatic rings. The number of aromatic nitrogens is 2. The number of likely N-dealkylation sites (N-methyl/N-ethyl adjacent to an activating group) is 1. The third kappa shape index (κ3) is 10.1. The lowest BCUT2D eigenvalue weighted by Crippen LogP contribution is -2.49. The fourth-order valence-electron chi connectivity index (χ4n) is 6.71. The number of hydrogen-bond acceptors (Lipinski definition) is 8. The monoisotopic (exact) mass is 739 g/mol. The van der Waals surface area contributed by atoms with Crippen molar-refractivity contribution in [3.63, 3.8) is 0 Å². The molecular weight excluding hydrogens is 687 g/mol. The summed E-state index contributed by atoms with van der Waals surface area (Å²) in [5, 5.41) is 3.11. The molecule has 1 N–H and O–H groups in total. The smallest absolute Gasteiger partial charge is 0.251 e. The zero-order chi connectivity index (χ0) is 37.2. The first-order valence-electron chi connectivity index (χ1n) is 18.8. The molecule has 282 valence electrons. The summed E-state index contributed by atoms with van der Waals surface area (Å²) in [6.07, 6.45) is 6.60. The zero-order valence-corrected chi connectivity index (χ0v) is 32.3. The predicted octanol–water partition coefficient (Wildman–Crippen LogP) is 6.94. The van der Waals surface area contributed by atoms with E-state index in [0.717, 1.165) is 85.2 Å². The minimum Gasteiger partial charge on any atom is -0.611 e. The van der Waals surface area contributed by atoms with Gasteiger partial charge in [0.2, 0.25) is 0 Å². The van der Waals surface area contributed by atoms with Crippen molar-refractivity contribution >= 4 is 34.5 Å². The van der Waals surface area contributed by atoms with Crippen molar-refractivity contribution in [2.24, 2.45) is 0 Å². The molecular formula is C42H53N5O5S. The topological polar surface area (TPSA) is 104 Å². The van der Waals surface area contributed by atoms with Crippen molar-refractivity contribution in [3.05, 3.63) is 95.6 Å². The molecule has 0 saturated carbocycles. The van der Waals surface area contributed by atoms with Crippen LogP contribution in [0.4, 0.5) is 11.4 Å². The number of amides is 1. The van der Waals surface area contributed by atoms with Crippen LogP contribution in [0, 0.1) is 6.92 Å². The van der Waals surface area contributed by atoms with Gasteiger partial charge in [0.1, 0.15) is 12.4 Å². The molecule has 2 aliphatic rings. The standard InChI is InChI=1S/C42H53N5O5S/c1-5-7-21-50-23-24-52-38-13-8-32(9-14-38)33-10-17-40-35(25-33)26-34(18-19-47(40)27-37-28-51-22-20-45(37)4)42(48)44-36-11-15-39(16-12-36)53(49)29-41-31(3)43-30-46(41)6-2/h8-17,25-26,30,37H,5-7,18-24,27-29H2,1-4H3,(H,44,48)/t37-,53?/m0/s1. The van der Waals surface area contributed by atoms with Crippen LogP contribution in [-0.2, 0) is 37.7 Å². The van der Waals surface area contributed by atoms with Crippen LogP contribution in [-0.4, -0.2) is 90.7 Å². The molecule has 53 heavy (non-hydrogen) atoms. The van der Waals surface area contributed by atoms with E-state index in [2.05, 4.69) is 71.3 Å². The van der Waals surface area contributed by atoms with E-state index in [9.17, 15) is 9.35 Å². The van der Waals surface area contributed by atoms with Crippen LogP contribution in [0.2, 0.25) is 0 Å². The Balaban J connectivity index is 1.17. The maximum absolute atomic E-state index is 13.9. The van der Waals surface area contributed by atoms with Gasteiger partial charge in [-0.3, -0.25) is 9.69 Å². The van der Waals surface area contributed by atoms with Gasteiger partial charge in [-0.15, -0.1) is 0 Å². The number of carbonyl (C=O) groups is 1. The first kappa shape index (κ1) is 38.6. The Morgan fingerprint density at radius 3 is 2.57 bits per heavy atom. The van der Waals surface area contributed by atoms with Crippen LogP contribution in [0.15, 0.2) is 83.5 Å². The molecule has 0 aliphatic carbocycles. The number of nitrogens with one attached hydrogen (secondary N) is 1. The predicted molar refractivity (Wildman–Crippen MR) is 213 cm³/mol. The second-order valence-corrected chi connectivity index (χ2v) is 15.2. The van der Waals surface area contributed by atoms with Gasteiger partial charge >= 0.3 is 0 Å². The van der Waals surface area contributed by atoms with E-state index >= 15 is 0 Å². The summed E-state index contributed by atoms with van der Waals surface area (Å²) in [6, 6.07) is 22.2. The Labute approximate surface area is 317 Å². The number of ether oxygens (including phenoxy) is 3. The summed E-state index contributed by atoms with van der Waals surface area (Å²) >= 11 is -1.24. The number of rotatable bonds is 16. The Bertz CT molecular complexity index is 1830. The van der Waals surface area contributed by atoms with Gasteiger partial charge in [-0.25, -0.2) is 4.98 Å². The molecule has 6 rings (SSSR count). The molecule has 1 unspecified atom stereocenters. The highest BCUT2D eigenvalue weighted by Crippen LogP contribution is 2.34. The number of fused-ring (bicyclic) bond motifs is 1. The largest absolute Gasteiger partial charge is 0.611 e. The summed E-state index contributed by atoms with van der Waals surface area (Å²) in [5.74, 6) is 1.06. The van der Waals surface area contributed by atoms with Crippen LogP contribution in [0.1, 0.15) is 50.1 Å². The molecule has 0 bridgehead atoms. The quantitative estimate of drug-likeness (QED) is 0.0974. The summed E-state index contributed by atoms with van der Waals surface area (Å²) in [6.45, 7) is 12.6. The third-order valence-electron chi connectivity index (χ3n) is 10.1. The van der Waals surface area contributed by atoms with Crippen molar-refractivity contribution in [2.75, 3.05) is 69.9 Å². The first-order valence-corrected chi connectivity index (χ1v) is 20.1. The lowest BCUT2D eigenvalue weighted by molar-refractivity contribution is -0.112. The van der Waals surface area contributed by atoms with E-state index in [1.54, 1.807) is 6.33 Å². The Morgan fingerprint density at radius 2 is 1.81 bits per heavy atom. The molecule has 2 aliphatic heterocycles. The summed E-state index contributed by atoms with van der Waals surface area (Å²) in [7, 11) is 2.15. The number of anilines is 2. The number of hydrogen-bond donors (Lipinski definition) is 1. The number of unbranched alkanes of at least 4 members (excludes halogenated alkanes) is 1. The van der Waals surface area contributed by atoms with Gasteiger partial charge in [-0.2, -0.15) is 0 Å². The van der Waals surface area contributed by atoms with Gasteiger partial charge in [0.05, 0.1) is 43.6 Å². The molecule has 2 atom stereocenters. The average Bonchev–Trinajstić information content (AvgIpc) is 3.42. The maximum Gasteiger partial charge on any atom is 0.251 e. The van der Waals surface area contributed by atoms with Crippen LogP contribution < -0.4 is 15.0 Å². The molecule has 1 fully saturated rings. The Morgan fingerprint density at radius 1 is 1.02 bits per heavy atom. The van der Waals surface area contributed by atoms with Gasteiger partial charge in [-0.1, -0.05) is 31.5 Å². The SMILES string of the molecule is CCCCOCCOc1ccc(-c2ccc3c(c2)C=C(C(=O)Nc2ccc([S+]([O-])Cc4c(C)ncn4CC)cc2)CCN3C[C@H]2COCCN2C)cc1. The molecule has 1 amide bonds. The molecule has 3 heterocycles. The van der Waals surface area contributed by atoms with Crippen molar-refractivity contribution in [1.82, 2.24) is 14.5 Å². The van der Waals surface area contributed by atoms with E-state index < -0.39 is 11.2 Å². The van der Waals surface area contributed by atoms with Gasteiger partial charge in [0, 0.05) is 49.7 Å². The van der Waals surface area contributed by atoms with Gasteiger partial charge in [0.25, 0.3) is 5.91 Å². The van der Waals surface area contributed by atoms with Gasteiger partial charge in [0.15, 0.2) is 10.6 Å². The average molecular weight is 740 g/mol. The van der Waals surface area contributed by atoms with Crippen LogP contribution >= 0.6 is 0 Å². The molecule has 11 heteroatoms. The number of aryl methyl sites for hydroxylation is 2. The van der Waals surface area contributed by atoms with Crippen LogP contribution in [0.5, 0.6) is 5.75 Å². The highest BCUT2D eigenvalue weighted by atomic mass is 32.2. The molecule has 0 spiro atoms. The number of carbonyl (C=O) groups excluding carboxylic acids is 1. The third-order valence-corrected chi connectivity index (χ3v) is 11.4. The first-order chi connectivity index (χ1) is 25.8. The van der Waals surface area contributed by atoms with E-state index in [0.29, 0.717) is 54.7 Å². The molecule has 1 aromatic heterocycles. The van der Waals surface area contributed by atoms with E-state index in [1.807, 2.05) is 54.0 Å². The van der Waals surface area contributed by atoms with Crippen LogP contribution in [0.25, 0.3) is 17.2 Å². The van der Waals surface area contributed by atoms with E-state index in [-0.39, 0.29) is 11.9 Å². The fraction of sp³-hybridized carbons (Fsp3) is 0.429. The van der Waals surface area contributed by atoms with Crippen molar-refractivity contribution in [3.8, 4) is 16.9 Å². The van der Waals surface area contributed by atoms with Crippen LogP contribution in [0.3, 0.4) is 0 Å². The summed E-state index contributed by atoms with van der Waals surface area (Å²) < 4.78 is 32.6. The number of nitrogens with zero attached hydrogens (tertiary/aromatic N) is 4. The molecule has 0 radical (unpaired) electrons. The summed E-state index contributed by atoms with van der Waals surface area (Å²) in [4.78, 5) is 23.7. The highest BCUT2D eigenvalue weighted by Gasteiger charge is 2.26. The van der Waals surface area contributed by atoms with Gasteiger partial charge in [-0.05, 0) is 116 Å². The number of morpholine rings is 1. The van der Waals surface area contributed by atoms with Crippen molar-refractivity contribution < 1.29 is 23.6 Å². The number of benzene rings is 3. The minimum atomic E-state index is -1.24.